The van der Waals surface area contributed by atoms with Crippen molar-refractivity contribution in [3.8, 4) is 0 Å². The number of esters is 1. The molecule has 7 nitrogen and oxygen atoms in total. The van der Waals surface area contributed by atoms with Crippen molar-refractivity contribution in [2.24, 2.45) is 5.73 Å². The van der Waals surface area contributed by atoms with Crippen molar-refractivity contribution in [1.82, 2.24) is 9.88 Å². The lowest BCUT2D eigenvalue weighted by molar-refractivity contribution is -0.122. The highest BCUT2D eigenvalue weighted by Gasteiger charge is 2.31. The van der Waals surface area contributed by atoms with Crippen LogP contribution in [0.25, 0.3) is 0 Å². The Kier molecular flexibility index (Phi) is 4.65. The third-order valence-electron chi connectivity index (χ3n) is 4.14. The number of nitrogens with two attached hydrogens (primary N) is 1. The Morgan fingerprint density at radius 1 is 1.36 bits per heavy atom. The van der Waals surface area contributed by atoms with Crippen LogP contribution in [-0.2, 0) is 9.53 Å². The van der Waals surface area contributed by atoms with Crippen LogP contribution in [-0.4, -0.2) is 53.8 Å². The number of ether oxygens (including phenoxy) is 1. The van der Waals surface area contributed by atoms with E-state index in [2.05, 4.69) is 4.98 Å². The number of amides is 1. The van der Waals surface area contributed by atoms with E-state index in [9.17, 15) is 14.4 Å². The lowest BCUT2D eigenvalue weighted by atomic mass is 10.1. The van der Waals surface area contributed by atoms with E-state index in [1.807, 2.05) is 0 Å². The molecule has 1 aromatic rings. The topological polar surface area (TPSA) is 105 Å². The molecule has 22 heavy (non-hydrogen) atoms. The predicted octanol–water partition coefficient (Wildman–Crippen LogP) is 0.551. The van der Waals surface area contributed by atoms with Gasteiger partial charge in [0.2, 0.25) is 5.91 Å². The van der Waals surface area contributed by atoms with E-state index in [-0.39, 0.29) is 18.4 Å². The first-order chi connectivity index (χ1) is 10.4. The molecule has 0 bridgehead atoms. The Labute approximate surface area is 128 Å². The molecule has 2 rings (SSSR count). The molecule has 1 aliphatic heterocycles. The summed E-state index contributed by atoms with van der Waals surface area (Å²) in [4.78, 5) is 40.4. The van der Waals surface area contributed by atoms with Gasteiger partial charge in [0.05, 0.1) is 31.0 Å². The highest BCUT2D eigenvalue weighted by molar-refractivity contribution is 6.02. The summed E-state index contributed by atoms with van der Waals surface area (Å²) < 4.78 is 4.73. The number of carbonyl (C=O) groups excluding carboxylic acids is 3. The minimum Gasteiger partial charge on any atom is -0.465 e. The summed E-state index contributed by atoms with van der Waals surface area (Å²) >= 11 is 0. The van der Waals surface area contributed by atoms with E-state index in [1.54, 1.807) is 18.7 Å². The number of primary amides is 1. The molecular formula is C15H21N3O4. The molecule has 0 spiro atoms. The van der Waals surface area contributed by atoms with Crippen molar-refractivity contribution in [1.29, 1.82) is 0 Å². The van der Waals surface area contributed by atoms with Gasteiger partial charge in [-0.2, -0.15) is 0 Å². The summed E-state index contributed by atoms with van der Waals surface area (Å²) in [6.45, 7) is 4.20. The maximum Gasteiger partial charge on any atom is 0.339 e. The van der Waals surface area contributed by atoms with Crippen molar-refractivity contribution < 1.29 is 19.1 Å². The number of methoxy groups -OCH3 is 1. The number of carbonyl (C=O) groups is 3. The van der Waals surface area contributed by atoms with Gasteiger partial charge >= 0.3 is 5.97 Å². The third kappa shape index (κ3) is 2.89. The van der Waals surface area contributed by atoms with Gasteiger partial charge in [0.15, 0.2) is 5.78 Å². The van der Waals surface area contributed by atoms with Gasteiger partial charge in [0.25, 0.3) is 0 Å². The Hall–Kier alpha value is -2.15. The van der Waals surface area contributed by atoms with Crippen molar-refractivity contribution >= 4 is 17.7 Å². The van der Waals surface area contributed by atoms with Crippen LogP contribution in [0.3, 0.4) is 0 Å². The lowest BCUT2D eigenvalue weighted by Gasteiger charge is -2.20. The van der Waals surface area contributed by atoms with E-state index >= 15 is 0 Å². The van der Waals surface area contributed by atoms with Crippen LogP contribution in [0.15, 0.2) is 0 Å². The zero-order valence-electron chi connectivity index (χ0n) is 13.1. The molecule has 0 saturated carbocycles. The zero-order valence-corrected chi connectivity index (χ0v) is 13.1. The van der Waals surface area contributed by atoms with Crippen LogP contribution in [0.4, 0.5) is 0 Å². The summed E-state index contributed by atoms with van der Waals surface area (Å²) in [5, 5.41) is 0. The Bertz CT molecular complexity index is 621. The first-order valence-electron chi connectivity index (χ1n) is 7.20. The Morgan fingerprint density at radius 3 is 2.64 bits per heavy atom. The van der Waals surface area contributed by atoms with E-state index in [1.165, 1.54) is 7.11 Å². The molecule has 1 amide bonds. The zero-order chi connectivity index (χ0) is 16.4. The summed E-state index contributed by atoms with van der Waals surface area (Å²) in [7, 11) is 1.30. The summed E-state index contributed by atoms with van der Waals surface area (Å²) in [6, 6.07) is -0.389. The number of ketones is 1. The number of aromatic nitrogens is 1. The molecule has 3 N–H and O–H groups in total. The molecule has 1 aliphatic rings. The maximum absolute atomic E-state index is 12.5. The van der Waals surface area contributed by atoms with Crippen molar-refractivity contribution in [2.45, 2.75) is 32.7 Å². The van der Waals surface area contributed by atoms with Gasteiger partial charge in [-0.1, -0.05) is 0 Å². The average Bonchev–Trinajstić information content (AvgIpc) is 3.03. The van der Waals surface area contributed by atoms with Crippen LogP contribution >= 0.6 is 0 Å². The van der Waals surface area contributed by atoms with Crippen molar-refractivity contribution in [2.75, 3.05) is 20.2 Å². The quantitative estimate of drug-likeness (QED) is 0.610. The molecule has 0 aromatic carbocycles. The number of Topliss-reactive ketones (excluding diaryl/α,β-unsaturated/α-hetero) is 1. The van der Waals surface area contributed by atoms with E-state index in [0.717, 1.165) is 6.42 Å². The number of likely N-dealkylation sites (tertiary alicyclic amines) is 1. The van der Waals surface area contributed by atoms with Crippen LogP contribution in [0, 0.1) is 13.8 Å². The first kappa shape index (κ1) is 16.2. The molecule has 0 radical (unpaired) electrons. The standard InChI is InChI=1S/C15H21N3O4/c1-8-12(15(21)22-3)9(2)17-13(8)11(19)7-18-6-4-5-10(18)14(16)20/h10,17H,4-7H2,1-3H3,(H2,16,20). The number of H-pyrrole nitrogens is 1. The fourth-order valence-electron chi connectivity index (χ4n) is 3.04. The van der Waals surface area contributed by atoms with Crippen LogP contribution in [0.1, 0.15) is 44.9 Å². The fraction of sp³-hybridized carbons (Fsp3) is 0.533. The van der Waals surface area contributed by atoms with Gasteiger partial charge in [-0.3, -0.25) is 14.5 Å². The molecule has 1 unspecified atom stereocenters. The normalized spacial score (nSPS) is 18.4. The van der Waals surface area contributed by atoms with E-state index < -0.39 is 11.9 Å². The maximum atomic E-state index is 12.5. The monoisotopic (exact) mass is 307 g/mol. The number of aryl methyl sites for hydroxylation is 1. The fourth-order valence-corrected chi connectivity index (χ4v) is 3.04. The molecule has 7 heteroatoms. The Balaban J connectivity index is 2.20. The largest absolute Gasteiger partial charge is 0.465 e. The van der Waals surface area contributed by atoms with Gasteiger partial charge in [-0.25, -0.2) is 4.79 Å². The van der Waals surface area contributed by atoms with Gasteiger partial charge in [-0.15, -0.1) is 0 Å². The predicted molar refractivity (Wildman–Crippen MR) is 79.7 cm³/mol. The molecular weight excluding hydrogens is 286 g/mol. The summed E-state index contributed by atoms with van der Waals surface area (Å²) in [6.07, 6.45) is 1.52. The SMILES string of the molecule is COC(=O)c1c(C)[nH]c(C(=O)CN2CCCC2C(N)=O)c1C. The number of aromatic amines is 1. The first-order valence-corrected chi connectivity index (χ1v) is 7.20. The van der Waals surface area contributed by atoms with Gasteiger partial charge in [0.1, 0.15) is 0 Å². The number of rotatable bonds is 5. The van der Waals surface area contributed by atoms with Gasteiger partial charge in [-0.05, 0) is 38.8 Å². The molecule has 1 fully saturated rings. The summed E-state index contributed by atoms with van der Waals surface area (Å²) in [5.74, 6) is -1.04. The lowest BCUT2D eigenvalue weighted by Crippen LogP contribution is -2.42. The highest BCUT2D eigenvalue weighted by atomic mass is 16.5. The highest BCUT2D eigenvalue weighted by Crippen LogP contribution is 2.22. The Morgan fingerprint density at radius 2 is 2.05 bits per heavy atom. The van der Waals surface area contributed by atoms with Crippen LogP contribution < -0.4 is 5.73 Å². The molecule has 1 atom stereocenters. The second kappa shape index (κ2) is 6.31. The molecule has 0 aliphatic carbocycles. The summed E-state index contributed by atoms with van der Waals surface area (Å²) in [5.41, 5.74) is 7.30. The number of hydrogen-bond acceptors (Lipinski definition) is 5. The molecule has 1 saturated heterocycles. The molecule has 120 valence electrons. The third-order valence-corrected chi connectivity index (χ3v) is 4.14. The molecule has 1 aromatic heterocycles. The number of nitrogens with one attached hydrogen (secondary N) is 1. The second-order valence-electron chi connectivity index (χ2n) is 5.57. The van der Waals surface area contributed by atoms with Crippen molar-refractivity contribution in [3.05, 3.63) is 22.5 Å². The smallest absolute Gasteiger partial charge is 0.339 e. The van der Waals surface area contributed by atoms with Gasteiger partial charge < -0.3 is 15.5 Å². The average molecular weight is 307 g/mol. The van der Waals surface area contributed by atoms with E-state index in [0.29, 0.717) is 35.5 Å². The van der Waals surface area contributed by atoms with Crippen LogP contribution in [0.5, 0.6) is 0 Å². The van der Waals surface area contributed by atoms with E-state index in [4.69, 9.17) is 10.5 Å². The van der Waals surface area contributed by atoms with Crippen LogP contribution in [0.2, 0.25) is 0 Å². The van der Waals surface area contributed by atoms with Gasteiger partial charge in [0, 0.05) is 5.69 Å². The number of nitrogens with zero attached hydrogens (tertiary/aromatic N) is 1. The minimum atomic E-state index is -0.471. The second-order valence-corrected chi connectivity index (χ2v) is 5.57. The molecule has 2 heterocycles. The number of hydrogen-bond donors (Lipinski definition) is 2. The van der Waals surface area contributed by atoms with Crippen molar-refractivity contribution in [3.63, 3.8) is 0 Å². The minimum absolute atomic E-state index is 0.106.